The quantitative estimate of drug-likeness (QED) is 0.473. The van der Waals surface area contributed by atoms with E-state index in [1.165, 1.54) is 0 Å². The number of hydrogen-bond donors (Lipinski definition) is 3. The monoisotopic (exact) mass is 303 g/mol. The first-order valence-corrected chi connectivity index (χ1v) is 7.21. The van der Waals surface area contributed by atoms with Gasteiger partial charge in [0.2, 0.25) is 0 Å². The second kappa shape index (κ2) is 8.93. The first kappa shape index (κ1) is 17.8. The van der Waals surface area contributed by atoms with Gasteiger partial charge in [-0.05, 0) is 13.0 Å². The van der Waals surface area contributed by atoms with Crippen molar-refractivity contribution >= 4 is 11.9 Å². The standard InChI is InChI=1S/C13H25N3O5/c1-2-13(20)21-9-10-7-16(11(17)3-4-14)6-5-15(10)8-12(18)19/h10-11,17H,2-9,14H2,1H3,(H,18,19). The van der Waals surface area contributed by atoms with E-state index >= 15 is 0 Å². The van der Waals surface area contributed by atoms with Crippen molar-refractivity contribution in [2.45, 2.75) is 32.0 Å². The number of hydrogen-bond acceptors (Lipinski definition) is 7. The van der Waals surface area contributed by atoms with Gasteiger partial charge in [0.1, 0.15) is 12.8 Å². The predicted molar refractivity (Wildman–Crippen MR) is 75.5 cm³/mol. The Morgan fingerprint density at radius 2 is 2.14 bits per heavy atom. The number of aliphatic hydroxyl groups excluding tert-OH is 1. The Kier molecular flexibility index (Phi) is 7.58. The Balaban J connectivity index is 2.62. The number of carbonyl (C=O) groups excluding carboxylic acids is 1. The van der Waals surface area contributed by atoms with Crippen LogP contribution in [-0.2, 0) is 14.3 Å². The minimum Gasteiger partial charge on any atom is -0.480 e. The van der Waals surface area contributed by atoms with Gasteiger partial charge in [-0.25, -0.2) is 0 Å². The van der Waals surface area contributed by atoms with E-state index in [2.05, 4.69) is 0 Å². The van der Waals surface area contributed by atoms with E-state index < -0.39 is 12.2 Å². The SMILES string of the molecule is CCC(=O)OCC1CN(C(O)CCN)CCN1CC(=O)O. The van der Waals surface area contributed by atoms with Crippen molar-refractivity contribution < 1.29 is 24.5 Å². The number of carboxylic acid groups (broad SMARTS) is 1. The van der Waals surface area contributed by atoms with Crippen molar-refractivity contribution in [3.05, 3.63) is 0 Å². The number of aliphatic carboxylic acids is 1. The number of carbonyl (C=O) groups is 2. The maximum absolute atomic E-state index is 11.3. The predicted octanol–water partition coefficient (Wildman–Crippen LogP) is -1.32. The summed E-state index contributed by atoms with van der Waals surface area (Å²) in [6.45, 7) is 3.63. The summed E-state index contributed by atoms with van der Waals surface area (Å²) in [5, 5.41) is 18.9. The molecule has 1 saturated heterocycles. The molecule has 1 fully saturated rings. The second-order valence-corrected chi connectivity index (χ2v) is 5.11. The summed E-state index contributed by atoms with van der Waals surface area (Å²) >= 11 is 0. The zero-order valence-corrected chi connectivity index (χ0v) is 12.4. The van der Waals surface area contributed by atoms with Gasteiger partial charge in [0.05, 0.1) is 12.6 Å². The molecule has 8 nitrogen and oxygen atoms in total. The highest BCUT2D eigenvalue weighted by molar-refractivity contribution is 5.69. The molecule has 0 aromatic rings. The van der Waals surface area contributed by atoms with E-state index in [-0.39, 0.29) is 31.6 Å². The van der Waals surface area contributed by atoms with E-state index in [0.29, 0.717) is 32.6 Å². The zero-order chi connectivity index (χ0) is 15.8. The van der Waals surface area contributed by atoms with Gasteiger partial charge in [0.25, 0.3) is 0 Å². The molecule has 0 aromatic carbocycles. The lowest BCUT2D eigenvalue weighted by Crippen LogP contribution is -2.58. The van der Waals surface area contributed by atoms with Crippen LogP contribution in [0.25, 0.3) is 0 Å². The Hall–Kier alpha value is -1.22. The molecule has 21 heavy (non-hydrogen) atoms. The molecular weight excluding hydrogens is 278 g/mol. The summed E-state index contributed by atoms with van der Waals surface area (Å²) in [5.74, 6) is -1.23. The highest BCUT2D eigenvalue weighted by Gasteiger charge is 2.31. The molecule has 0 radical (unpaired) electrons. The first-order valence-electron chi connectivity index (χ1n) is 7.21. The molecule has 2 atom stereocenters. The van der Waals surface area contributed by atoms with Crippen LogP contribution in [0.4, 0.5) is 0 Å². The number of rotatable bonds is 8. The summed E-state index contributed by atoms with van der Waals surface area (Å²) < 4.78 is 5.12. The molecule has 1 rings (SSSR count). The van der Waals surface area contributed by atoms with E-state index in [9.17, 15) is 14.7 Å². The average molecular weight is 303 g/mol. The third-order valence-corrected chi connectivity index (χ3v) is 3.55. The molecule has 0 aliphatic carbocycles. The van der Waals surface area contributed by atoms with Crippen LogP contribution < -0.4 is 5.73 Å². The maximum Gasteiger partial charge on any atom is 0.317 e. The third kappa shape index (κ3) is 5.96. The Labute approximate surface area is 124 Å². The molecule has 2 unspecified atom stereocenters. The number of aliphatic hydroxyl groups is 1. The molecule has 0 saturated carbocycles. The van der Waals surface area contributed by atoms with Crippen molar-refractivity contribution in [1.29, 1.82) is 0 Å². The topological polar surface area (TPSA) is 116 Å². The van der Waals surface area contributed by atoms with Crippen molar-refractivity contribution in [3.8, 4) is 0 Å². The van der Waals surface area contributed by atoms with Crippen molar-refractivity contribution in [3.63, 3.8) is 0 Å². The largest absolute Gasteiger partial charge is 0.480 e. The number of nitrogens with two attached hydrogens (primary N) is 1. The highest BCUT2D eigenvalue weighted by atomic mass is 16.5. The van der Waals surface area contributed by atoms with Gasteiger partial charge in [-0.1, -0.05) is 6.92 Å². The molecule has 1 aliphatic heterocycles. The molecule has 1 aliphatic rings. The summed E-state index contributed by atoms with van der Waals surface area (Å²) in [5.41, 5.74) is 5.44. The smallest absolute Gasteiger partial charge is 0.317 e. The van der Waals surface area contributed by atoms with E-state index in [0.717, 1.165) is 0 Å². The second-order valence-electron chi connectivity index (χ2n) is 5.11. The van der Waals surface area contributed by atoms with Crippen LogP contribution in [0.3, 0.4) is 0 Å². The van der Waals surface area contributed by atoms with E-state index in [4.69, 9.17) is 15.6 Å². The van der Waals surface area contributed by atoms with Gasteiger partial charge < -0.3 is 20.7 Å². The van der Waals surface area contributed by atoms with Crippen LogP contribution in [0, 0.1) is 0 Å². The summed E-state index contributed by atoms with van der Waals surface area (Å²) in [6.07, 6.45) is 0.0947. The fourth-order valence-corrected chi connectivity index (χ4v) is 2.35. The molecule has 0 amide bonds. The Morgan fingerprint density at radius 3 is 2.71 bits per heavy atom. The first-order chi connectivity index (χ1) is 9.97. The maximum atomic E-state index is 11.3. The van der Waals surface area contributed by atoms with Gasteiger partial charge in [-0.15, -0.1) is 0 Å². The van der Waals surface area contributed by atoms with Crippen LogP contribution in [0.15, 0.2) is 0 Å². The molecule has 8 heteroatoms. The highest BCUT2D eigenvalue weighted by Crippen LogP contribution is 2.13. The molecular formula is C13H25N3O5. The van der Waals surface area contributed by atoms with E-state index in [1.54, 1.807) is 11.8 Å². The number of piperazine rings is 1. The van der Waals surface area contributed by atoms with Crippen LogP contribution in [0.1, 0.15) is 19.8 Å². The van der Waals surface area contributed by atoms with Crippen molar-refractivity contribution in [1.82, 2.24) is 9.80 Å². The Morgan fingerprint density at radius 1 is 1.43 bits per heavy atom. The van der Waals surface area contributed by atoms with Gasteiger partial charge in [0.15, 0.2) is 0 Å². The summed E-state index contributed by atoms with van der Waals surface area (Å²) in [6, 6.07) is -0.238. The van der Waals surface area contributed by atoms with Gasteiger partial charge in [0, 0.05) is 26.1 Å². The lowest BCUT2D eigenvalue weighted by Gasteiger charge is -2.42. The fourth-order valence-electron chi connectivity index (χ4n) is 2.35. The number of carboxylic acids is 1. The third-order valence-electron chi connectivity index (χ3n) is 3.55. The molecule has 122 valence electrons. The number of nitrogens with zero attached hydrogens (tertiary/aromatic N) is 2. The minimum absolute atomic E-state index is 0.102. The number of esters is 1. The van der Waals surface area contributed by atoms with Crippen molar-refractivity contribution in [2.75, 3.05) is 39.3 Å². The van der Waals surface area contributed by atoms with Gasteiger partial charge in [-0.2, -0.15) is 0 Å². The lowest BCUT2D eigenvalue weighted by atomic mass is 10.1. The normalized spacial score (nSPS) is 22.0. The average Bonchev–Trinajstić information content (AvgIpc) is 2.45. The van der Waals surface area contributed by atoms with Crippen LogP contribution in [-0.4, -0.2) is 83.6 Å². The molecule has 1 heterocycles. The lowest BCUT2D eigenvalue weighted by molar-refractivity contribution is -0.148. The molecule has 0 spiro atoms. The summed E-state index contributed by atoms with van der Waals surface area (Å²) in [7, 11) is 0. The van der Waals surface area contributed by atoms with Crippen molar-refractivity contribution in [2.24, 2.45) is 5.73 Å². The van der Waals surface area contributed by atoms with Gasteiger partial charge in [-0.3, -0.25) is 19.4 Å². The van der Waals surface area contributed by atoms with Crippen LogP contribution >= 0.6 is 0 Å². The zero-order valence-electron chi connectivity index (χ0n) is 12.4. The number of ether oxygens (including phenoxy) is 1. The van der Waals surface area contributed by atoms with E-state index in [1.807, 2.05) is 4.90 Å². The van der Waals surface area contributed by atoms with Gasteiger partial charge >= 0.3 is 11.9 Å². The fraction of sp³-hybridized carbons (Fsp3) is 0.846. The minimum atomic E-state index is -0.919. The molecule has 0 aromatic heterocycles. The molecule has 0 bridgehead atoms. The van der Waals surface area contributed by atoms with Crippen LogP contribution in [0.5, 0.6) is 0 Å². The van der Waals surface area contributed by atoms with Crippen LogP contribution in [0.2, 0.25) is 0 Å². The Bertz CT molecular complexity index is 353. The summed E-state index contributed by atoms with van der Waals surface area (Å²) in [4.78, 5) is 25.8. The molecule has 4 N–H and O–H groups in total.